The summed E-state index contributed by atoms with van der Waals surface area (Å²) in [5.74, 6) is 5.75. The molecule has 2 rings (SSSR count). The highest BCUT2D eigenvalue weighted by molar-refractivity contribution is 6.12. The lowest BCUT2D eigenvalue weighted by Crippen LogP contribution is -2.45. The van der Waals surface area contributed by atoms with E-state index in [2.05, 4.69) is 17.0 Å². The second-order valence-corrected chi connectivity index (χ2v) is 7.08. The molecule has 1 unspecified atom stereocenters. The first-order chi connectivity index (χ1) is 12.3. The summed E-state index contributed by atoms with van der Waals surface area (Å²) in [5, 5.41) is 3.92. The first-order valence-corrected chi connectivity index (χ1v) is 8.68. The molecule has 1 heterocycles. The Morgan fingerprint density at radius 2 is 1.96 bits per heavy atom. The highest BCUT2D eigenvalue weighted by atomic mass is 19.1. The first-order valence-electron chi connectivity index (χ1n) is 8.68. The van der Waals surface area contributed by atoms with E-state index in [4.69, 9.17) is 9.57 Å². The Kier molecular flexibility index (Phi) is 6.62. The van der Waals surface area contributed by atoms with Crippen molar-refractivity contribution in [2.75, 3.05) is 13.7 Å². The van der Waals surface area contributed by atoms with Gasteiger partial charge in [0.05, 0.1) is 6.04 Å². The fraction of sp³-hybridized carbons (Fsp3) is 0.500. The summed E-state index contributed by atoms with van der Waals surface area (Å²) >= 11 is 0. The molecule has 1 aromatic rings. The molecule has 1 aliphatic heterocycles. The van der Waals surface area contributed by atoms with Gasteiger partial charge in [0.2, 0.25) is 0 Å². The number of oxime groups is 1. The van der Waals surface area contributed by atoms with Crippen LogP contribution in [0.5, 0.6) is 0 Å². The van der Waals surface area contributed by atoms with Gasteiger partial charge in [-0.2, -0.15) is 0 Å². The van der Waals surface area contributed by atoms with Crippen molar-refractivity contribution in [3.05, 3.63) is 35.6 Å². The molecule has 1 amide bonds. The molecule has 1 fully saturated rings. The van der Waals surface area contributed by atoms with Crippen molar-refractivity contribution < 1.29 is 18.8 Å². The number of amides is 1. The van der Waals surface area contributed by atoms with E-state index in [9.17, 15) is 9.18 Å². The standard InChI is InChI=1S/C20H25FN2O3/c1-20(2,3)26-19(24)23-14-6-5-7-17(23)12-13-18(22-25-4)15-8-10-16(21)11-9-15/h8-11,17H,5-7,14H2,1-4H3. The topological polar surface area (TPSA) is 51.1 Å². The Morgan fingerprint density at radius 3 is 2.58 bits per heavy atom. The number of carbonyl (C=O) groups is 1. The smallest absolute Gasteiger partial charge is 0.411 e. The number of hydrogen-bond donors (Lipinski definition) is 0. The molecule has 0 radical (unpaired) electrons. The predicted molar refractivity (Wildman–Crippen MR) is 98.3 cm³/mol. The van der Waals surface area contributed by atoms with E-state index in [1.54, 1.807) is 17.0 Å². The normalized spacial score (nSPS) is 18.0. The maximum atomic E-state index is 13.1. The van der Waals surface area contributed by atoms with Crippen molar-refractivity contribution in [2.24, 2.45) is 5.16 Å². The predicted octanol–water partition coefficient (Wildman–Crippen LogP) is 3.97. The van der Waals surface area contributed by atoms with Crippen LogP contribution in [0, 0.1) is 17.7 Å². The quantitative estimate of drug-likeness (QED) is 0.456. The third kappa shape index (κ3) is 5.76. The minimum atomic E-state index is -0.552. The molecule has 0 aliphatic carbocycles. The van der Waals surface area contributed by atoms with E-state index < -0.39 is 5.60 Å². The van der Waals surface area contributed by atoms with Crippen LogP contribution >= 0.6 is 0 Å². The number of nitrogens with zero attached hydrogens (tertiary/aromatic N) is 2. The molecule has 0 spiro atoms. The minimum Gasteiger partial charge on any atom is -0.444 e. The van der Waals surface area contributed by atoms with Crippen molar-refractivity contribution >= 4 is 11.8 Å². The zero-order valence-corrected chi connectivity index (χ0v) is 15.7. The van der Waals surface area contributed by atoms with Gasteiger partial charge >= 0.3 is 6.09 Å². The van der Waals surface area contributed by atoms with E-state index in [-0.39, 0.29) is 18.0 Å². The summed E-state index contributed by atoms with van der Waals surface area (Å²) in [6, 6.07) is 5.62. The third-order valence-corrected chi connectivity index (χ3v) is 3.79. The molecule has 140 valence electrons. The van der Waals surface area contributed by atoms with Gasteiger partial charge in [-0.15, -0.1) is 0 Å². The molecule has 0 N–H and O–H groups in total. The van der Waals surface area contributed by atoms with Crippen molar-refractivity contribution in [3.63, 3.8) is 0 Å². The van der Waals surface area contributed by atoms with Gasteiger partial charge in [-0.1, -0.05) is 11.1 Å². The van der Waals surface area contributed by atoms with E-state index in [1.165, 1.54) is 19.2 Å². The molecular formula is C20H25FN2O3. The van der Waals surface area contributed by atoms with Crippen LogP contribution < -0.4 is 0 Å². The van der Waals surface area contributed by atoms with E-state index in [1.807, 2.05) is 20.8 Å². The van der Waals surface area contributed by atoms with Gasteiger partial charge in [0.25, 0.3) is 0 Å². The van der Waals surface area contributed by atoms with Crippen molar-refractivity contribution in [1.82, 2.24) is 4.90 Å². The number of likely N-dealkylation sites (tertiary alicyclic amines) is 1. The Labute approximate surface area is 154 Å². The lowest BCUT2D eigenvalue weighted by molar-refractivity contribution is 0.0158. The molecule has 26 heavy (non-hydrogen) atoms. The number of benzene rings is 1. The third-order valence-electron chi connectivity index (χ3n) is 3.79. The zero-order valence-electron chi connectivity index (χ0n) is 15.7. The van der Waals surface area contributed by atoms with Gasteiger partial charge in [0.15, 0.2) is 5.71 Å². The van der Waals surface area contributed by atoms with Crippen LogP contribution in [-0.2, 0) is 9.57 Å². The van der Waals surface area contributed by atoms with Crippen LogP contribution in [0.2, 0.25) is 0 Å². The van der Waals surface area contributed by atoms with Gasteiger partial charge in [0, 0.05) is 12.1 Å². The van der Waals surface area contributed by atoms with E-state index in [0.717, 1.165) is 19.3 Å². The zero-order chi connectivity index (χ0) is 19.2. The van der Waals surface area contributed by atoms with Crippen LogP contribution in [0.1, 0.15) is 45.6 Å². The van der Waals surface area contributed by atoms with Crippen LogP contribution in [0.3, 0.4) is 0 Å². The first kappa shape index (κ1) is 19.8. The lowest BCUT2D eigenvalue weighted by Gasteiger charge is -2.34. The Hall–Kier alpha value is -2.55. The number of piperidine rings is 1. The van der Waals surface area contributed by atoms with Gasteiger partial charge in [0.1, 0.15) is 18.5 Å². The molecule has 6 heteroatoms. The Morgan fingerprint density at radius 1 is 1.27 bits per heavy atom. The molecule has 1 aromatic carbocycles. The molecule has 5 nitrogen and oxygen atoms in total. The maximum Gasteiger partial charge on any atom is 0.411 e. The average Bonchev–Trinajstić information content (AvgIpc) is 2.58. The second kappa shape index (κ2) is 8.70. The summed E-state index contributed by atoms with van der Waals surface area (Å²) in [4.78, 5) is 19.0. The van der Waals surface area contributed by atoms with Gasteiger partial charge in [-0.25, -0.2) is 9.18 Å². The fourth-order valence-electron chi connectivity index (χ4n) is 2.62. The summed E-state index contributed by atoms with van der Waals surface area (Å²) in [6.45, 7) is 6.13. The van der Waals surface area contributed by atoms with Crippen LogP contribution in [0.15, 0.2) is 29.4 Å². The van der Waals surface area contributed by atoms with Crippen molar-refractivity contribution in [2.45, 2.75) is 51.7 Å². The minimum absolute atomic E-state index is 0.249. The van der Waals surface area contributed by atoms with E-state index in [0.29, 0.717) is 17.8 Å². The molecule has 0 aromatic heterocycles. The average molecular weight is 360 g/mol. The lowest BCUT2D eigenvalue weighted by atomic mass is 10.0. The monoisotopic (exact) mass is 360 g/mol. The Balaban J connectivity index is 2.21. The molecular weight excluding hydrogens is 335 g/mol. The van der Waals surface area contributed by atoms with Crippen molar-refractivity contribution in [1.29, 1.82) is 0 Å². The highest BCUT2D eigenvalue weighted by Gasteiger charge is 2.29. The maximum absolute atomic E-state index is 13.1. The molecule has 1 aliphatic rings. The second-order valence-electron chi connectivity index (χ2n) is 7.08. The highest BCUT2D eigenvalue weighted by Crippen LogP contribution is 2.20. The van der Waals surface area contributed by atoms with Gasteiger partial charge in [-0.05, 0) is 70.2 Å². The fourth-order valence-corrected chi connectivity index (χ4v) is 2.62. The summed E-state index contributed by atoms with van der Waals surface area (Å²) < 4.78 is 18.6. The van der Waals surface area contributed by atoms with Crippen LogP contribution in [0.25, 0.3) is 0 Å². The van der Waals surface area contributed by atoms with Gasteiger partial charge < -0.3 is 9.57 Å². The van der Waals surface area contributed by atoms with Crippen LogP contribution in [0.4, 0.5) is 9.18 Å². The molecule has 1 atom stereocenters. The van der Waals surface area contributed by atoms with Gasteiger partial charge in [-0.3, -0.25) is 4.90 Å². The number of rotatable bonds is 2. The molecule has 0 saturated carbocycles. The van der Waals surface area contributed by atoms with Crippen LogP contribution in [-0.4, -0.2) is 42.0 Å². The van der Waals surface area contributed by atoms with E-state index >= 15 is 0 Å². The number of halogens is 1. The Bertz CT molecular complexity index is 711. The summed E-state index contributed by atoms with van der Waals surface area (Å²) in [7, 11) is 1.43. The summed E-state index contributed by atoms with van der Waals surface area (Å²) in [5.41, 5.74) is 0.492. The SMILES string of the molecule is CON=C(C#CC1CCCCN1C(=O)OC(C)(C)C)c1ccc(F)cc1. The summed E-state index contributed by atoms with van der Waals surface area (Å²) in [6.07, 6.45) is 2.33. The number of carbonyl (C=O) groups excluding carboxylic acids is 1. The number of hydrogen-bond acceptors (Lipinski definition) is 4. The molecule has 0 bridgehead atoms. The van der Waals surface area contributed by atoms with Crippen molar-refractivity contribution in [3.8, 4) is 11.8 Å². The molecule has 1 saturated heterocycles. The number of ether oxygens (including phenoxy) is 1. The largest absolute Gasteiger partial charge is 0.444 e.